The highest BCUT2D eigenvalue weighted by Crippen LogP contribution is 2.15. The molecule has 0 aliphatic heterocycles. The van der Waals surface area contributed by atoms with Crippen molar-refractivity contribution in [3.8, 4) is 0 Å². The number of nitrogens with zero attached hydrogens (tertiary/aromatic N) is 2. The van der Waals surface area contributed by atoms with Crippen LogP contribution < -0.4 is 5.32 Å². The van der Waals surface area contributed by atoms with Crippen molar-refractivity contribution in [3.05, 3.63) is 48.0 Å². The van der Waals surface area contributed by atoms with Crippen LogP contribution in [0, 0.1) is 5.82 Å². The number of halogens is 1. The number of hydrogen-bond acceptors (Lipinski definition) is 2. The van der Waals surface area contributed by atoms with Crippen LogP contribution in [0.15, 0.2) is 36.7 Å². The molecule has 1 unspecified atom stereocenters. The smallest absolute Gasteiger partial charge is 0.203 e. The summed E-state index contributed by atoms with van der Waals surface area (Å²) in [6.45, 7) is 6.34. The van der Waals surface area contributed by atoms with Crippen LogP contribution in [-0.4, -0.2) is 15.6 Å². The molecule has 4 heteroatoms. The van der Waals surface area contributed by atoms with E-state index in [1.165, 1.54) is 12.1 Å². The molecule has 0 fully saturated rings. The molecule has 0 spiro atoms. The molecular weight excluding hydrogens is 241 g/mol. The molecule has 3 nitrogen and oxygen atoms in total. The molecule has 1 aromatic heterocycles. The first-order chi connectivity index (χ1) is 9.06. The third-order valence-corrected chi connectivity index (χ3v) is 3.06. The van der Waals surface area contributed by atoms with Crippen molar-refractivity contribution in [1.82, 2.24) is 9.55 Å². The van der Waals surface area contributed by atoms with Gasteiger partial charge < -0.3 is 9.88 Å². The van der Waals surface area contributed by atoms with Gasteiger partial charge in [0.15, 0.2) is 0 Å². The Morgan fingerprint density at radius 2 is 1.89 bits per heavy atom. The van der Waals surface area contributed by atoms with Crippen molar-refractivity contribution in [2.24, 2.45) is 0 Å². The molecule has 1 heterocycles. The van der Waals surface area contributed by atoms with Crippen LogP contribution in [0.4, 0.5) is 10.3 Å². The second kappa shape index (κ2) is 5.87. The molecule has 0 amide bonds. The van der Waals surface area contributed by atoms with Crippen molar-refractivity contribution in [1.29, 1.82) is 0 Å². The third-order valence-electron chi connectivity index (χ3n) is 3.06. The summed E-state index contributed by atoms with van der Waals surface area (Å²) in [5.41, 5.74) is 1.11. The second-order valence-corrected chi connectivity index (χ2v) is 5.13. The molecule has 0 aliphatic rings. The standard InChI is InChI=1S/C15H20FN3/c1-11(2)19-9-8-17-15(19)18-12(3)10-13-4-6-14(16)7-5-13/h4-9,11-12H,10H2,1-3H3,(H,17,18). The Hall–Kier alpha value is -1.84. The van der Waals surface area contributed by atoms with Gasteiger partial charge in [-0.15, -0.1) is 0 Å². The van der Waals surface area contributed by atoms with Gasteiger partial charge in [-0.05, 0) is 44.9 Å². The minimum absolute atomic E-state index is 0.195. The number of anilines is 1. The summed E-state index contributed by atoms with van der Waals surface area (Å²) in [6, 6.07) is 7.26. The van der Waals surface area contributed by atoms with Gasteiger partial charge >= 0.3 is 0 Å². The van der Waals surface area contributed by atoms with E-state index < -0.39 is 0 Å². The van der Waals surface area contributed by atoms with Crippen molar-refractivity contribution < 1.29 is 4.39 Å². The summed E-state index contributed by atoms with van der Waals surface area (Å²) in [6.07, 6.45) is 4.61. The van der Waals surface area contributed by atoms with E-state index >= 15 is 0 Å². The summed E-state index contributed by atoms with van der Waals surface area (Å²) < 4.78 is 14.9. The number of benzene rings is 1. The second-order valence-electron chi connectivity index (χ2n) is 5.13. The third kappa shape index (κ3) is 3.56. The Morgan fingerprint density at radius 3 is 2.53 bits per heavy atom. The first-order valence-electron chi connectivity index (χ1n) is 6.60. The largest absolute Gasteiger partial charge is 0.353 e. The summed E-state index contributed by atoms with van der Waals surface area (Å²) in [5, 5.41) is 3.39. The van der Waals surface area contributed by atoms with E-state index in [9.17, 15) is 4.39 Å². The van der Waals surface area contributed by atoms with Gasteiger partial charge in [-0.25, -0.2) is 9.37 Å². The lowest BCUT2D eigenvalue weighted by atomic mass is 10.1. The van der Waals surface area contributed by atoms with Crippen molar-refractivity contribution >= 4 is 5.95 Å². The maximum Gasteiger partial charge on any atom is 0.203 e. The number of rotatable bonds is 5. The van der Waals surface area contributed by atoms with Gasteiger partial charge in [0, 0.05) is 24.5 Å². The molecule has 0 aliphatic carbocycles. The molecule has 0 bridgehead atoms. The van der Waals surface area contributed by atoms with Crippen LogP contribution in [0.1, 0.15) is 32.4 Å². The van der Waals surface area contributed by atoms with Gasteiger partial charge in [0.2, 0.25) is 5.95 Å². The predicted molar refractivity (Wildman–Crippen MR) is 75.8 cm³/mol. The van der Waals surface area contributed by atoms with Gasteiger partial charge in [-0.3, -0.25) is 0 Å². The van der Waals surface area contributed by atoms with Gasteiger partial charge in [0.25, 0.3) is 0 Å². The Kier molecular flexibility index (Phi) is 4.20. The zero-order valence-corrected chi connectivity index (χ0v) is 11.6. The zero-order chi connectivity index (χ0) is 13.8. The highest BCUT2D eigenvalue weighted by atomic mass is 19.1. The molecule has 0 saturated carbocycles. The zero-order valence-electron chi connectivity index (χ0n) is 11.6. The minimum atomic E-state index is -0.195. The van der Waals surface area contributed by atoms with Crippen LogP contribution in [0.25, 0.3) is 0 Å². The topological polar surface area (TPSA) is 29.9 Å². The molecule has 19 heavy (non-hydrogen) atoms. The lowest BCUT2D eigenvalue weighted by molar-refractivity contribution is 0.598. The molecule has 0 radical (unpaired) electrons. The molecule has 1 aromatic carbocycles. The van der Waals surface area contributed by atoms with Crippen LogP contribution >= 0.6 is 0 Å². The Morgan fingerprint density at radius 1 is 1.21 bits per heavy atom. The summed E-state index contributed by atoms with van der Waals surface area (Å²) in [5.74, 6) is 0.685. The summed E-state index contributed by atoms with van der Waals surface area (Å²) in [7, 11) is 0. The van der Waals surface area contributed by atoms with Gasteiger partial charge in [-0.1, -0.05) is 12.1 Å². The lowest BCUT2D eigenvalue weighted by Crippen LogP contribution is -2.21. The molecule has 1 N–H and O–H groups in total. The van der Waals surface area contributed by atoms with E-state index in [4.69, 9.17) is 0 Å². The van der Waals surface area contributed by atoms with Crippen molar-refractivity contribution in [3.63, 3.8) is 0 Å². The quantitative estimate of drug-likeness (QED) is 0.890. The number of hydrogen-bond donors (Lipinski definition) is 1. The molecule has 0 saturated heterocycles. The summed E-state index contributed by atoms with van der Waals surface area (Å²) in [4.78, 5) is 4.33. The van der Waals surface area contributed by atoms with E-state index in [1.807, 2.05) is 18.3 Å². The molecular formula is C15H20FN3. The van der Waals surface area contributed by atoms with Gasteiger partial charge in [-0.2, -0.15) is 0 Å². The fraction of sp³-hybridized carbons (Fsp3) is 0.400. The van der Waals surface area contributed by atoms with Gasteiger partial charge in [0.05, 0.1) is 0 Å². The molecule has 2 rings (SSSR count). The number of aromatic nitrogens is 2. The molecule has 2 aromatic rings. The average Bonchev–Trinajstić information content (AvgIpc) is 2.80. The van der Waals surface area contributed by atoms with Crippen LogP contribution in [0.2, 0.25) is 0 Å². The highest BCUT2D eigenvalue weighted by Gasteiger charge is 2.09. The maximum absolute atomic E-state index is 12.8. The molecule has 102 valence electrons. The predicted octanol–water partition coefficient (Wildman–Crippen LogP) is 3.65. The first-order valence-corrected chi connectivity index (χ1v) is 6.60. The Labute approximate surface area is 113 Å². The lowest BCUT2D eigenvalue weighted by Gasteiger charge is -2.18. The number of nitrogens with one attached hydrogen (secondary N) is 1. The van der Waals surface area contributed by atoms with E-state index in [1.54, 1.807) is 6.20 Å². The fourth-order valence-electron chi connectivity index (χ4n) is 2.09. The first kappa shape index (κ1) is 13.6. The van der Waals surface area contributed by atoms with E-state index in [0.29, 0.717) is 6.04 Å². The van der Waals surface area contributed by atoms with E-state index in [0.717, 1.165) is 17.9 Å². The monoisotopic (exact) mass is 261 g/mol. The Balaban J connectivity index is 1.99. The van der Waals surface area contributed by atoms with Crippen LogP contribution in [-0.2, 0) is 6.42 Å². The molecule has 1 atom stereocenters. The normalized spacial score (nSPS) is 12.7. The van der Waals surface area contributed by atoms with Gasteiger partial charge in [0.1, 0.15) is 5.82 Å². The van der Waals surface area contributed by atoms with Crippen LogP contribution in [0.3, 0.4) is 0 Å². The van der Waals surface area contributed by atoms with E-state index in [-0.39, 0.29) is 11.9 Å². The van der Waals surface area contributed by atoms with E-state index in [2.05, 4.69) is 35.6 Å². The average molecular weight is 261 g/mol. The van der Waals surface area contributed by atoms with Crippen molar-refractivity contribution in [2.45, 2.75) is 39.3 Å². The van der Waals surface area contributed by atoms with Crippen LogP contribution in [0.5, 0.6) is 0 Å². The minimum Gasteiger partial charge on any atom is -0.353 e. The summed E-state index contributed by atoms with van der Waals surface area (Å²) >= 11 is 0. The highest BCUT2D eigenvalue weighted by molar-refractivity contribution is 5.29. The number of imidazole rings is 1. The van der Waals surface area contributed by atoms with Crippen molar-refractivity contribution in [2.75, 3.05) is 5.32 Å². The fourth-order valence-corrected chi connectivity index (χ4v) is 2.09. The Bertz CT molecular complexity index is 516. The maximum atomic E-state index is 12.8. The SMILES string of the molecule is CC(Cc1ccc(F)cc1)Nc1nccn1C(C)C.